The summed E-state index contributed by atoms with van der Waals surface area (Å²) in [7, 11) is 1.52. The van der Waals surface area contributed by atoms with Gasteiger partial charge in [0.05, 0.1) is 18.5 Å². The minimum absolute atomic E-state index is 0.0782. The van der Waals surface area contributed by atoms with Crippen LogP contribution in [0.1, 0.15) is 11.1 Å². The molecule has 4 aromatic rings. The Kier molecular flexibility index (Phi) is 3.17. The smallest absolute Gasteiger partial charge is 0.238 e. The summed E-state index contributed by atoms with van der Waals surface area (Å²) in [5, 5.41) is 14.2. The number of aromatic hydroxyl groups is 1. The molecule has 0 fully saturated rings. The van der Waals surface area contributed by atoms with E-state index in [1.165, 1.54) is 7.11 Å². The van der Waals surface area contributed by atoms with Gasteiger partial charge in [0, 0.05) is 22.9 Å². The van der Waals surface area contributed by atoms with Gasteiger partial charge in [-0.2, -0.15) is 0 Å². The van der Waals surface area contributed by atoms with Crippen LogP contribution < -0.4 is 10.5 Å². The standard InChI is InChI=1S/C20H15N5O2/c1-27-16-10-11(6-7-15(16)26)17-13-8-9-25-19(13)18(23-20(21)24-25)12-4-2-3-5-14(12)22-17/h2-10,26H,1H3,(H2,21,24). The first-order valence-corrected chi connectivity index (χ1v) is 8.36. The van der Waals surface area contributed by atoms with Gasteiger partial charge in [0.25, 0.3) is 0 Å². The maximum Gasteiger partial charge on any atom is 0.238 e. The Hall–Kier alpha value is -3.87. The maximum atomic E-state index is 9.94. The second-order valence-electron chi connectivity index (χ2n) is 6.21. The second kappa shape index (κ2) is 5.57. The molecule has 7 heteroatoms. The van der Waals surface area contributed by atoms with E-state index in [9.17, 15) is 5.11 Å². The minimum Gasteiger partial charge on any atom is -0.504 e. The molecule has 0 spiro atoms. The van der Waals surface area contributed by atoms with Gasteiger partial charge < -0.3 is 15.6 Å². The van der Waals surface area contributed by atoms with Crippen molar-refractivity contribution >= 4 is 22.9 Å². The molecule has 132 valence electrons. The number of hydrogen-bond acceptors (Lipinski definition) is 6. The highest BCUT2D eigenvalue weighted by Crippen LogP contribution is 2.39. The Morgan fingerprint density at radius 1 is 1.07 bits per heavy atom. The molecular formula is C20H15N5O2. The minimum atomic E-state index is 0.0782. The second-order valence-corrected chi connectivity index (χ2v) is 6.21. The summed E-state index contributed by atoms with van der Waals surface area (Å²) >= 11 is 0. The number of methoxy groups -OCH3 is 1. The number of nitrogens with two attached hydrogens (primary N) is 1. The third-order valence-corrected chi connectivity index (χ3v) is 4.63. The van der Waals surface area contributed by atoms with Crippen molar-refractivity contribution in [2.45, 2.75) is 0 Å². The van der Waals surface area contributed by atoms with E-state index in [0.29, 0.717) is 5.75 Å². The van der Waals surface area contributed by atoms with Crippen molar-refractivity contribution in [1.29, 1.82) is 0 Å². The monoisotopic (exact) mass is 357 g/mol. The summed E-state index contributed by atoms with van der Waals surface area (Å²) in [4.78, 5) is 9.40. The average Bonchev–Trinajstić information content (AvgIpc) is 3.03. The van der Waals surface area contributed by atoms with Crippen LogP contribution in [-0.4, -0.2) is 32.5 Å². The number of rotatable bonds is 2. The van der Waals surface area contributed by atoms with Crippen LogP contribution in [0.3, 0.4) is 0 Å². The zero-order chi connectivity index (χ0) is 18.5. The molecule has 0 bridgehead atoms. The molecule has 0 saturated carbocycles. The van der Waals surface area contributed by atoms with Gasteiger partial charge in [-0.15, -0.1) is 5.10 Å². The van der Waals surface area contributed by atoms with Crippen LogP contribution in [0.5, 0.6) is 11.5 Å². The van der Waals surface area contributed by atoms with Gasteiger partial charge in [-0.25, -0.2) is 14.5 Å². The fourth-order valence-electron chi connectivity index (χ4n) is 3.42. The molecule has 27 heavy (non-hydrogen) atoms. The zero-order valence-electron chi connectivity index (χ0n) is 14.4. The lowest BCUT2D eigenvalue weighted by atomic mass is 10.0. The van der Waals surface area contributed by atoms with Crippen LogP contribution in [0.25, 0.3) is 16.8 Å². The first-order valence-electron chi connectivity index (χ1n) is 8.36. The van der Waals surface area contributed by atoms with Gasteiger partial charge in [0.2, 0.25) is 5.95 Å². The highest BCUT2D eigenvalue weighted by molar-refractivity contribution is 6.21. The first-order chi connectivity index (χ1) is 13.2. The summed E-state index contributed by atoms with van der Waals surface area (Å²) in [6.07, 6.45) is 1.84. The molecular weight excluding hydrogens is 342 g/mol. The maximum absolute atomic E-state index is 9.94. The number of phenolic OH excluding ortho intramolecular Hbond substituents is 1. The highest BCUT2D eigenvalue weighted by Gasteiger charge is 2.24. The summed E-state index contributed by atoms with van der Waals surface area (Å²) in [5.74, 6) is 0.663. The van der Waals surface area contributed by atoms with E-state index in [2.05, 4.69) is 10.1 Å². The number of aliphatic imine (C=N–C) groups is 1. The summed E-state index contributed by atoms with van der Waals surface area (Å²) in [6.45, 7) is 0. The number of benzene rings is 2. The fourth-order valence-corrected chi connectivity index (χ4v) is 3.42. The molecule has 5 rings (SSSR count). The SMILES string of the molecule is COc1cc(C2=Nc3ccccc3-c3nc(N)nn4ccc2c34)ccc1O. The van der Waals surface area contributed by atoms with Crippen LogP contribution in [0, 0.1) is 0 Å². The number of nitrogen functional groups attached to an aromatic ring is 1. The van der Waals surface area contributed by atoms with Gasteiger partial charge in [0.1, 0.15) is 11.2 Å². The van der Waals surface area contributed by atoms with Crippen molar-refractivity contribution in [3.63, 3.8) is 0 Å². The quantitative estimate of drug-likeness (QED) is 0.506. The largest absolute Gasteiger partial charge is 0.504 e. The molecule has 0 radical (unpaired) electrons. The Labute approximate surface area is 154 Å². The van der Waals surface area contributed by atoms with Crippen LogP contribution >= 0.6 is 0 Å². The normalized spacial score (nSPS) is 12.4. The first kappa shape index (κ1) is 15.4. The molecule has 3 heterocycles. The Morgan fingerprint density at radius 2 is 1.93 bits per heavy atom. The summed E-state index contributed by atoms with van der Waals surface area (Å²) in [5.41, 5.74) is 11.6. The van der Waals surface area contributed by atoms with E-state index in [1.54, 1.807) is 16.6 Å². The fraction of sp³-hybridized carbons (Fsp3) is 0.0500. The third kappa shape index (κ3) is 2.25. The van der Waals surface area contributed by atoms with Crippen LogP contribution in [-0.2, 0) is 0 Å². The van der Waals surface area contributed by atoms with E-state index in [0.717, 1.165) is 39.3 Å². The molecule has 7 nitrogen and oxygen atoms in total. The molecule has 0 aliphatic carbocycles. The number of para-hydroxylation sites is 1. The number of aromatic nitrogens is 3. The van der Waals surface area contributed by atoms with E-state index in [4.69, 9.17) is 15.5 Å². The van der Waals surface area contributed by atoms with Gasteiger partial charge in [0.15, 0.2) is 11.5 Å². The number of hydrogen-bond donors (Lipinski definition) is 2. The van der Waals surface area contributed by atoms with Gasteiger partial charge in [-0.3, -0.25) is 0 Å². The molecule has 1 aliphatic rings. The molecule has 2 aromatic heterocycles. The number of anilines is 1. The van der Waals surface area contributed by atoms with Crippen molar-refractivity contribution < 1.29 is 9.84 Å². The zero-order valence-corrected chi connectivity index (χ0v) is 14.4. The van der Waals surface area contributed by atoms with Crippen molar-refractivity contribution in [2.75, 3.05) is 12.8 Å². The van der Waals surface area contributed by atoms with Gasteiger partial charge in [-0.05, 0) is 30.3 Å². The van der Waals surface area contributed by atoms with E-state index in [1.807, 2.05) is 42.6 Å². The lowest BCUT2D eigenvalue weighted by Crippen LogP contribution is -2.06. The number of phenols is 1. The Balaban J connectivity index is 1.88. The van der Waals surface area contributed by atoms with Crippen molar-refractivity contribution in [1.82, 2.24) is 14.6 Å². The van der Waals surface area contributed by atoms with E-state index < -0.39 is 0 Å². The molecule has 1 aliphatic heterocycles. The number of nitrogens with zero attached hydrogens (tertiary/aromatic N) is 4. The molecule has 3 N–H and O–H groups in total. The molecule has 0 saturated heterocycles. The van der Waals surface area contributed by atoms with E-state index in [-0.39, 0.29) is 11.7 Å². The number of ether oxygens (including phenoxy) is 1. The molecule has 2 aromatic carbocycles. The van der Waals surface area contributed by atoms with Crippen molar-refractivity contribution in [3.05, 3.63) is 65.9 Å². The molecule has 0 atom stereocenters. The third-order valence-electron chi connectivity index (χ3n) is 4.63. The topological polar surface area (TPSA) is 98.0 Å². The van der Waals surface area contributed by atoms with Crippen molar-refractivity contribution in [2.24, 2.45) is 4.99 Å². The molecule has 0 unspecified atom stereocenters. The van der Waals surface area contributed by atoms with Gasteiger partial charge in [-0.1, -0.05) is 18.2 Å². The van der Waals surface area contributed by atoms with E-state index >= 15 is 0 Å². The van der Waals surface area contributed by atoms with Crippen molar-refractivity contribution in [3.8, 4) is 22.8 Å². The average molecular weight is 357 g/mol. The predicted molar refractivity (Wildman–Crippen MR) is 103 cm³/mol. The lowest BCUT2D eigenvalue weighted by Gasteiger charge is -2.09. The van der Waals surface area contributed by atoms with Gasteiger partial charge >= 0.3 is 0 Å². The van der Waals surface area contributed by atoms with Crippen LogP contribution in [0.15, 0.2) is 59.7 Å². The summed E-state index contributed by atoms with van der Waals surface area (Å²) < 4.78 is 6.99. The number of fused-ring (bicyclic) bond motifs is 2. The summed E-state index contributed by atoms with van der Waals surface area (Å²) in [6, 6.07) is 14.9. The molecule has 0 amide bonds. The van der Waals surface area contributed by atoms with Crippen LogP contribution in [0.2, 0.25) is 0 Å². The Bertz CT molecular complexity index is 1240. The Morgan fingerprint density at radius 3 is 2.78 bits per heavy atom. The lowest BCUT2D eigenvalue weighted by molar-refractivity contribution is 0.373. The predicted octanol–water partition coefficient (Wildman–Crippen LogP) is 3.18. The highest BCUT2D eigenvalue weighted by atomic mass is 16.5. The van der Waals surface area contributed by atoms with Crippen LogP contribution in [0.4, 0.5) is 11.6 Å².